The number of carbonyl (C=O) groups excluding carboxylic acids is 2. The lowest BCUT2D eigenvalue weighted by atomic mass is 9.95. The standard InChI is InChI=1S/C20H26N2O3/c1-7-22-17-11-14(21-19(25)20(4,5)6)8-9-15(17)13(3)16(18(22)24)10-12(2)23/h8-9,11H,7,10H2,1-6H3,(H,21,25). The van der Waals surface area contributed by atoms with E-state index in [1.165, 1.54) is 6.92 Å². The number of pyridine rings is 1. The summed E-state index contributed by atoms with van der Waals surface area (Å²) in [5, 5.41) is 3.83. The fraction of sp³-hybridized carbons (Fsp3) is 0.450. The van der Waals surface area contributed by atoms with Crippen LogP contribution in [0.4, 0.5) is 5.69 Å². The minimum absolute atomic E-state index is 0.0312. The first-order valence-corrected chi connectivity index (χ1v) is 8.53. The number of benzene rings is 1. The molecule has 0 radical (unpaired) electrons. The number of anilines is 1. The lowest BCUT2D eigenvalue weighted by molar-refractivity contribution is -0.123. The molecule has 2 rings (SSSR count). The highest BCUT2D eigenvalue weighted by Gasteiger charge is 2.22. The van der Waals surface area contributed by atoms with E-state index in [0.29, 0.717) is 17.8 Å². The monoisotopic (exact) mass is 342 g/mol. The number of rotatable bonds is 4. The van der Waals surface area contributed by atoms with Crippen molar-refractivity contribution >= 4 is 28.3 Å². The lowest BCUT2D eigenvalue weighted by Gasteiger charge is -2.19. The Hall–Kier alpha value is -2.43. The molecule has 1 heterocycles. The first kappa shape index (κ1) is 18.9. The number of amides is 1. The number of nitrogens with one attached hydrogen (secondary N) is 1. The maximum absolute atomic E-state index is 12.8. The largest absolute Gasteiger partial charge is 0.326 e. The number of hydrogen-bond donors (Lipinski definition) is 1. The molecule has 1 N–H and O–H groups in total. The molecule has 25 heavy (non-hydrogen) atoms. The highest BCUT2D eigenvalue weighted by Crippen LogP contribution is 2.25. The number of ketones is 1. The number of aromatic nitrogens is 1. The molecule has 0 spiro atoms. The molecule has 0 saturated heterocycles. The number of carbonyl (C=O) groups is 2. The third-order valence-electron chi connectivity index (χ3n) is 4.33. The van der Waals surface area contributed by atoms with Crippen LogP contribution >= 0.6 is 0 Å². The van der Waals surface area contributed by atoms with Crippen LogP contribution < -0.4 is 10.9 Å². The van der Waals surface area contributed by atoms with Gasteiger partial charge in [-0.1, -0.05) is 26.8 Å². The average Bonchev–Trinajstić information content (AvgIpc) is 2.50. The molecule has 0 aliphatic carbocycles. The quantitative estimate of drug-likeness (QED) is 0.925. The normalized spacial score (nSPS) is 11.6. The van der Waals surface area contributed by atoms with Crippen LogP contribution in [0.25, 0.3) is 10.9 Å². The molecule has 5 heteroatoms. The molecule has 0 fully saturated rings. The van der Waals surface area contributed by atoms with Gasteiger partial charge in [-0.15, -0.1) is 0 Å². The molecule has 0 unspecified atom stereocenters. The summed E-state index contributed by atoms with van der Waals surface area (Å²) in [4.78, 5) is 36.5. The van der Waals surface area contributed by atoms with Gasteiger partial charge in [0.2, 0.25) is 5.91 Å². The van der Waals surface area contributed by atoms with Crippen LogP contribution in [0.1, 0.15) is 45.7 Å². The van der Waals surface area contributed by atoms with Gasteiger partial charge in [-0.25, -0.2) is 0 Å². The van der Waals surface area contributed by atoms with Gasteiger partial charge in [-0.3, -0.25) is 14.4 Å². The van der Waals surface area contributed by atoms with Crippen molar-refractivity contribution < 1.29 is 9.59 Å². The fourth-order valence-corrected chi connectivity index (χ4v) is 2.83. The smallest absolute Gasteiger partial charge is 0.254 e. The summed E-state index contributed by atoms with van der Waals surface area (Å²) in [7, 11) is 0. The van der Waals surface area contributed by atoms with Gasteiger partial charge in [0, 0.05) is 35.0 Å². The van der Waals surface area contributed by atoms with Gasteiger partial charge in [0.05, 0.1) is 5.52 Å². The van der Waals surface area contributed by atoms with E-state index in [-0.39, 0.29) is 23.7 Å². The Morgan fingerprint density at radius 1 is 1.20 bits per heavy atom. The zero-order valence-corrected chi connectivity index (χ0v) is 15.8. The molecular formula is C20H26N2O3. The molecule has 0 aliphatic heterocycles. The maximum atomic E-state index is 12.8. The van der Waals surface area contributed by atoms with Crippen molar-refractivity contribution in [2.75, 3.05) is 5.32 Å². The van der Waals surface area contributed by atoms with E-state index in [1.54, 1.807) is 4.57 Å². The predicted octanol–water partition coefficient (Wildman–Crippen LogP) is 3.45. The number of Topliss-reactive ketones (excluding diaryl/α,β-unsaturated/α-hetero) is 1. The Morgan fingerprint density at radius 3 is 2.36 bits per heavy atom. The molecule has 2 aromatic rings. The first-order valence-electron chi connectivity index (χ1n) is 8.53. The molecule has 0 saturated carbocycles. The van der Waals surface area contributed by atoms with E-state index in [4.69, 9.17) is 0 Å². The molecule has 1 aromatic carbocycles. The molecule has 0 atom stereocenters. The van der Waals surface area contributed by atoms with Crippen LogP contribution in [-0.2, 0) is 22.6 Å². The molecule has 0 aliphatic rings. The van der Waals surface area contributed by atoms with Gasteiger partial charge >= 0.3 is 0 Å². The van der Waals surface area contributed by atoms with Crippen molar-refractivity contribution in [1.29, 1.82) is 0 Å². The van der Waals surface area contributed by atoms with E-state index < -0.39 is 5.41 Å². The van der Waals surface area contributed by atoms with Crippen LogP contribution in [0, 0.1) is 12.3 Å². The van der Waals surface area contributed by atoms with E-state index >= 15 is 0 Å². The molecule has 134 valence electrons. The second-order valence-electron chi connectivity index (χ2n) is 7.47. The Morgan fingerprint density at radius 2 is 1.84 bits per heavy atom. The van der Waals surface area contributed by atoms with Gasteiger partial charge in [0.25, 0.3) is 5.56 Å². The molecule has 1 aromatic heterocycles. The average molecular weight is 342 g/mol. The summed E-state index contributed by atoms with van der Waals surface area (Å²) in [6.45, 7) is 11.3. The van der Waals surface area contributed by atoms with Crippen molar-refractivity contribution in [1.82, 2.24) is 4.57 Å². The topological polar surface area (TPSA) is 68.2 Å². The van der Waals surface area contributed by atoms with Gasteiger partial charge in [0.1, 0.15) is 5.78 Å². The van der Waals surface area contributed by atoms with Crippen LogP contribution in [0.3, 0.4) is 0 Å². The summed E-state index contributed by atoms with van der Waals surface area (Å²) < 4.78 is 1.66. The van der Waals surface area contributed by atoms with E-state index in [0.717, 1.165) is 16.5 Å². The summed E-state index contributed by atoms with van der Waals surface area (Å²) >= 11 is 0. The predicted molar refractivity (Wildman–Crippen MR) is 101 cm³/mol. The summed E-state index contributed by atoms with van der Waals surface area (Å²) in [5.41, 5.74) is 2.17. The third-order valence-corrected chi connectivity index (χ3v) is 4.33. The van der Waals surface area contributed by atoms with Gasteiger partial charge in [-0.05, 0) is 38.5 Å². The highest BCUT2D eigenvalue weighted by atomic mass is 16.2. The van der Waals surface area contributed by atoms with E-state index in [1.807, 2.05) is 52.8 Å². The minimum Gasteiger partial charge on any atom is -0.326 e. The Kier molecular flexibility index (Phi) is 5.16. The Balaban J connectivity index is 2.65. The first-order chi connectivity index (χ1) is 11.6. The summed E-state index contributed by atoms with van der Waals surface area (Å²) in [6, 6.07) is 5.56. The number of aryl methyl sites for hydroxylation is 2. The Bertz CT molecular complexity index is 902. The van der Waals surface area contributed by atoms with Gasteiger partial charge in [0.15, 0.2) is 0 Å². The molecule has 5 nitrogen and oxygen atoms in total. The van der Waals surface area contributed by atoms with E-state index in [9.17, 15) is 14.4 Å². The van der Waals surface area contributed by atoms with Crippen LogP contribution in [-0.4, -0.2) is 16.3 Å². The number of hydrogen-bond acceptors (Lipinski definition) is 3. The molecule has 0 bridgehead atoms. The molecular weight excluding hydrogens is 316 g/mol. The lowest BCUT2D eigenvalue weighted by Crippen LogP contribution is -2.28. The van der Waals surface area contributed by atoms with Crippen molar-refractivity contribution in [2.45, 2.75) is 54.5 Å². The Labute approximate surface area is 148 Å². The maximum Gasteiger partial charge on any atom is 0.254 e. The van der Waals surface area contributed by atoms with Crippen molar-refractivity contribution in [2.24, 2.45) is 5.41 Å². The van der Waals surface area contributed by atoms with Crippen molar-refractivity contribution in [3.05, 3.63) is 39.7 Å². The SMILES string of the molecule is CCn1c(=O)c(CC(C)=O)c(C)c2ccc(NC(=O)C(C)(C)C)cc21. The van der Waals surface area contributed by atoms with Crippen LogP contribution in [0.5, 0.6) is 0 Å². The summed E-state index contributed by atoms with van der Waals surface area (Å²) in [6.07, 6.45) is 0.142. The van der Waals surface area contributed by atoms with Crippen LogP contribution in [0.15, 0.2) is 23.0 Å². The van der Waals surface area contributed by atoms with Crippen LogP contribution in [0.2, 0.25) is 0 Å². The zero-order valence-electron chi connectivity index (χ0n) is 15.8. The van der Waals surface area contributed by atoms with Crippen molar-refractivity contribution in [3.8, 4) is 0 Å². The summed E-state index contributed by atoms with van der Waals surface area (Å²) in [5.74, 6) is -0.113. The highest BCUT2D eigenvalue weighted by molar-refractivity contribution is 5.97. The van der Waals surface area contributed by atoms with Crippen molar-refractivity contribution in [3.63, 3.8) is 0 Å². The molecule has 1 amide bonds. The minimum atomic E-state index is -0.499. The van der Waals surface area contributed by atoms with Gasteiger partial charge < -0.3 is 9.88 Å². The third kappa shape index (κ3) is 3.81. The zero-order chi connectivity index (χ0) is 18.9. The second kappa shape index (κ2) is 6.82. The fourth-order valence-electron chi connectivity index (χ4n) is 2.83. The number of nitrogens with zero attached hydrogens (tertiary/aromatic N) is 1. The van der Waals surface area contributed by atoms with Gasteiger partial charge in [-0.2, -0.15) is 0 Å². The number of fused-ring (bicyclic) bond motifs is 1. The second-order valence-corrected chi connectivity index (χ2v) is 7.47. The van der Waals surface area contributed by atoms with E-state index in [2.05, 4.69) is 5.32 Å².